The van der Waals surface area contributed by atoms with E-state index in [4.69, 9.17) is 15.3 Å². The summed E-state index contributed by atoms with van der Waals surface area (Å²) in [6, 6.07) is 8.22. The second-order valence-corrected chi connectivity index (χ2v) is 8.99. The first-order chi connectivity index (χ1) is 13.7. The van der Waals surface area contributed by atoms with Crippen LogP contribution in [0.25, 0.3) is 0 Å². The lowest BCUT2D eigenvalue weighted by Crippen LogP contribution is -2.29. The summed E-state index contributed by atoms with van der Waals surface area (Å²) in [6.45, 7) is 6.81. The van der Waals surface area contributed by atoms with Crippen molar-refractivity contribution in [3.63, 3.8) is 0 Å². The fourth-order valence-electron chi connectivity index (χ4n) is 3.83. The number of hydrogen-bond donors (Lipinski definition) is 3. The smallest absolute Gasteiger partial charge is 0.306 e. The van der Waals surface area contributed by atoms with Crippen molar-refractivity contribution in [2.24, 2.45) is 23.2 Å². The largest absolute Gasteiger partial charge is 0.508 e. The van der Waals surface area contributed by atoms with Gasteiger partial charge in [-0.1, -0.05) is 40.0 Å². The van der Waals surface area contributed by atoms with E-state index in [1.807, 2.05) is 0 Å². The Morgan fingerprint density at radius 2 is 1.59 bits per heavy atom. The van der Waals surface area contributed by atoms with Crippen LogP contribution in [0.4, 0.5) is 0 Å². The van der Waals surface area contributed by atoms with E-state index in [9.17, 15) is 10.1 Å². The molecule has 2 rings (SSSR count). The maximum atomic E-state index is 11.0. The number of carbonyl (C=O) groups is 1. The second kappa shape index (κ2) is 12.4. The molecular formula is C24H37NO4. The first-order valence-electron chi connectivity index (χ1n) is 10.8. The van der Waals surface area contributed by atoms with Gasteiger partial charge in [-0.2, -0.15) is 5.26 Å². The van der Waals surface area contributed by atoms with Gasteiger partial charge in [0.15, 0.2) is 0 Å². The number of nitrogens with zero attached hydrogens (tertiary/aromatic N) is 1. The van der Waals surface area contributed by atoms with Crippen molar-refractivity contribution < 1.29 is 20.1 Å². The topological polar surface area (TPSA) is 102 Å². The van der Waals surface area contributed by atoms with E-state index in [0.717, 1.165) is 31.6 Å². The van der Waals surface area contributed by atoms with Crippen molar-refractivity contribution in [3.05, 3.63) is 24.3 Å². The molecule has 0 heterocycles. The quantitative estimate of drug-likeness (QED) is 0.454. The lowest BCUT2D eigenvalue weighted by Gasteiger charge is -2.34. The van der Waals surface area contributed by atoms with Crippen molar-refractivity contribution in [1.29, 1.82) is 5.26 Å². The van der Waals surface area contributed by atoms with Gasteiger partial charge in [0.2, 0.25) is 0 Å². The maximum absolute atomic E-state index is 11.0. The SMILES string of the molecule is CC(C)CCCC(C)CCC1(C#N)CCC(C(=O)O)CC1.Oc1ccc(O)cc1. The highest BCUT2D eigenvalue weighted by molar-refractivity contribution is 5.70. The number of carboxylic acid groups (broad SMARTS) is 1. The van der Waals surface area contributed by atoms with E-state index >= 15 is 0 Å². The van der Waals surface area contributed by atoms with E-state index in [1.54, 1.807) is 0 Å². The van der Waals surface area contributed by atoms with Crippen LogP contribution in [0.5, 0.6) is 11.5 Å². The number of rotatable bonds is 8. The molecule has 1 fully saturated rings. The van der Waals surface area contributed by atoms with Crippen molar-refractivity contribution in [1.82, 2.24) is 0 Å². The van der Waals surface area contributed by atoms with Gasteiger partial charge in [-0.25, -0.2) is 0 Å². The van der Waals surface area contributed by atoms with E-state index in [0.29, 0.717) is 18.8 Å². The normalized spacial score (nSPS) is 22.2. The van der Waals surface area contributed by atoms with Crippen LogP contribution in [-0.2, 0) is 4.79 Å². The minimum absolute atomic E-state index is 0.169. The van der Waals surface area contributed by atoms with Crippen molar-refractivity contribution in [2.75, 3.05) is 0 Å². The third kappa shape index (κ3) is 9.69. The Morgan fingerprint density at radius 3 is 2.00 bits per heavy atom. The second-order valence-electron chi connectivity index (χ2n) is 8.99. The molecule has 5 nitrogen and oxygen atoms in total. The highest BCUT2D eigenvalue weighted by Crippen LogP contribution is 2.43. The standard InChI is InChI=1S/C18H31NO2.C6H6O2/c1-14(2)5-4-6-15(3)7-10-18(13-19)11-8-16(9-12-18)17(20)21;7-5-1-2-6(8)4-3-5/h14-16H,4-12H2,1-3H3,(H,20,21);1-4,7-8H. The first-order valence-corrected chi connectivity index (χ1v) is 10.8. The molecule has 1 aliphatic rings. The van der Waals surface area contributed by atoms with Crippen LogP contribution in [0, 0.1) is 34.5 Å². The van der Waals surface area contributed by atoms with Crippen LogP contribution in [0.3, 0.4) is 0 Å². The lowest BCUT2D eigenvalue weighted by molar-refractivity contribution is -0.143. The zero-order valence-corrected chi connectivity index (χ0v) is 18.1. The molecule has 0 amide bonds. The Bertz CT molecular complexity index is 619. The van der Waals surface area contributed by atoms with Crippen molar-refractivity contribution >= 4 is 5.97 Å². The lowest BCUT2D eigenvalue weighted by atomic mass is 9.68. The van der Waals surface area contributed by atoms with Gasteiger partial charge in [0.1, 0.15) is 11.5 Å². The van der Waals surface area contributed by atoms with E-state index in [-0.39, 0.29) is 22.8 Å². The summed E-state index contributed by atoms with van der Waals surface area (Å²) >= 11 is 0. The predicted molar refractivity (Wildman–Crippen MR) is 114 cm³/mol. The molecular weight excluding hydrogens is 366 g/mol. The summed E-state index contributed by atoms with van der Waals surface area (Å²) in [5.74, 6) is 0.865. The number of carboxylic acids is 1. The Labute approximate surface area is 175 Å². The van der Waals surface area contributed by atoms with Gasteiger partial charge >= 0.3 is 5.97 Å². The Kier molecular flexibility index (Phi) is 10.6. The molecule has 29 heavy (non-hydrogen) atoms. The van der Waals surface area contributed by atoms with Gasteiger partial charge < -0.3 is 15.3 Å². The molecule has 1 aromatic rings. The number of benzene rings is 1. The summed E-state index contributed by atoms with van der Waals surface area (Å²) in [5.41, 5.74) is -0.252. The fourth-order valence-corrected chi connectivity index (χ4v) is 3.83. The fraction of sp³-hybridized carbons (Fsp3) is 0.667. The highest BCUT2D eigenvalue weighted by atomic mass is 16.4. The Hall–Kier alpha value is -2.22. The summed E-state index contributed by atoms with van der Waals surface area (Å²) in [4.78, 5) is 11.0. The number of nitriles is 1. The van der Waals surface area contributed by atoms with Gasteiger partial charge in [-0.05, 0) is 74.6 Å². The monoisotopic (exact) mass is 403 g/mol. The van der Waals surface area contributed by atoms with E-state index in [2.05, 4.69) is 26.8 Å². The minimum atomic E-state index is -0.691. The third-order valence-corrected chi connectivity index (χ3v) is 5.97. The number of phenols is 2. The molecule has 1 aromatic carbocycles. The average molecular weight is 404 g/mol. The number of phenolic OH excluding ortho intramolecular Hbond substituents is 2. The molecule has 0 aliphatic heterocycles. The van der Waals surface area contributed by atoms with Gasteiger partial charge in [0, 0.05) is 0 Å². The maximum Gasteiger partial charge on any atom is 0.306 e. The molecule has 0 saturated heterocycles. The van der Waals surface area contributed by atoms with E-state index < -0.39 is 5.97 Å². The summed E-state index contributed by atoms with van der Waals surface area (Å²) < 4.78 is 0. The van der Waals surface area contributed by atoms with Crippen LogP contribution in [0.1, 0.15) is 78.6 Å². The zero-order chi connectivity index (χ0) is 21.9. The third-order valence-electron chi connectivity index (χ3n) is 5.97. The minimum Gasteiger partial charge on any atom is -0.508 e. The molecule has 3 N–H and O–H groups in total. The molecule has 0 bridgehead atoms. The number of hydrogen-bond acceptors (Lipinski definition) is 4. The summed E-state index contributed by atoms with van der Waals surface area (Å²) in [7, 11) is 0. The molecule has 1 unspecified atom stereocenters. The van der Waals surface area contributed by atoms with Crippen molar-refractivity contribution in [3.8, 4) is 17.6 Å². The number of aromatic hydroxyl groups is 2. The predicted octanol–water partition coefficient (Wildman–Crippen LogP) is 6.11. The van der Waals surface area contributed by atoms with Crippen LogP contribution >= 0.6 is 0 Å². The van der Waals surface area contributed by atoms with Crippen LogP contribution < -0.4 is 0 Å². The van der Waals surface area contributed by atoms with Gasteiger partial charge in [-0.15, -0.1) is 0 Å². The molecule has 5 heteroatoms. The van der Waals surface area contributed by atoms with Gasteiger partial charge in [0.25, 0.3) is 0 Å². The molecule has 0 radical (unpaired) electrons. The molecule has 0 spiro atoms. The molecule has 162 valence electrons. The first kappa shape index (κ1) is 24.8. The van der Waals surface area contributed by atoms with Crippen LogP contribution in [-0.4, -0.2) is 21.3 Å². The summed E-state index contributed by atoms with van der Waals surface area (Å²) in [6.07, 6.45) is 8.72. The zero-order valence-electron chi connectivity index (χ0n) is 18.1. The van der Waals surface area contributed by atoms with Crippen LogP contribution in [0.2, 0.25) is 0 Å². The molecule has 1 saturated carbocycles. The number of aliphatic carboxylic acids is 1. The molecule has 1 aliphatic carbocycles. The molecule has 1 atom stereocenters. The average Bonchev–Trinajstić information content (AvgIpc) is 2.69. The molecule has 0 aromatic heterocycles. The van der Waals surface area contributed by atoms with Gasteiger partial charge in [0.05, 0.1) is 17.4 Å². The Balaban J connectivity index is 0.000000436. The van der Waals surface area contributed by atoms with Crippen LogP contribution in [0.15, 0.2) is 24.3 Å². The van der Waals surface area contributed by atoms with Crippen molar-refractivity contribution in [2.45, 2.75) is 78.6 Å². The highest BCUT2D eigenvalue weighted by Gasteiger charge is 2.37. The van der Waals surface area contributed by atoms with E-state index in [1.165, 1.54) is 43.5 Å². The van der Waals surface area contributed by atoms with Gasteiger partial charge in [-0.3, -0.25) is 4.79 Å². The Morgan fingerprint density at radius 1 is 1.07 bits per heavy atom. The summed E-state index contributed by atoms with van der Waals surface area (Å²) in [5, 5.41) is 35.9.